The highest BCUT2D eigenvalue weighted by molar-refractivity contribution is 7.25. The smallest absolute Gasteiger partial charge is 0.138 e. The molecule has 3 nitrogen and oxygen atoms in total. The molecule has 0 saturated carbocycles. The Morgan fingerprint density at radius 3 is 1.85 bits per heavy atom. The average Bonchev–Trinajstić information content (AvgIpc) is 3.87. The molecule has 0 fully saturated rings. The molecule has 1 aliphatic rings. The zero-order valence-electron chi connectivity index (χ0n) is 28.5. The van der Waals surface area contributed by atoms with Crippen LogP contribution >= 0.6 is 11.3 Å². The van der Waals surface area contributed by atoms with Gasteiger partial charge in [0.05, 0.1) is 17.0 Å². The van der Waals surface area contributed by atoms with Gasteiger partial charge in [0.2, 0.25) is 0 Å². The van der Waals surface area contributed by atoms with Crippen molar-refractivity contribution in [2.45, 2.75) is 5.41 Å². The third-order valence-corrected chi connectivity index (χ3v) is 12.3. The van der Waals surface area contributed by atoms with E-state index in [1.54, 1.807) is 11.3 Å². The number of hydrogen-bond donors (Lipinski definition) is 0. The van der Waals surface area contributed by atoms with Crippen LogP contribution in [-0.4, -0.2) is 9.38 Å². The van der Waals surface area contributed by atoms with Gasteiger partial charge in [-0.2, -0.15) is 5.26 Å². The van der Waals surface area contributed by atoms with Crippen LogP contribution in [0.4, 0.5) is 0 Å². The van der Waals surface area contributed by atoms with E-state index in [1.165, 1.54) is 64.6 Å². The van der Waals surface area contributed by atoms with E-state index in [0.717, 1.165) is 27.9 Å². The van der Waals surface area contributed by atoms with Crippen molar-refractivity contribution in [3.05, 3.63) is 204 Å². The van der Waals surface area contributed by atoms with Gasteiger partial charge in [0.1, 0.15) is 16.0 Å². The Morgan fingerprint density at radius 1 is 0.547 bits per heavy atom. The van der Waals surface area contributed by atoms with Crippen molar-refractivity contribution in [3.63, 3.8) is 0 Å². The standard InChI is InChI=1S/C49H29N3S/c50-29-31-15-22-40-41-23-20-36(28-44(41)49(43(40)25-31,38-9-3-1-4-10-38)39-11-5-2-6-12-39)34-17-16-33-27-35(19-18-32(33)26-34)37-21-24-46-51-47-42-13-7-8-14-45(42)53-48(47)52(46)30-37/h1-28,30H. The number of nitrogens with zero attached hydrogens (tertiary/aromatic N) is 3. The number of imidazole rings is 1. The van der Waals surface area contributed by atoms with E-state index in [0.29, 0.717) is 5.56 Å². The van der Waals surface area contributed by atoms with Crippen LogP contribution in [0, 0.1) is 11.3 Å². The first kappa shape index (κ1) is 29.9. The van der Waals surface area contributed by atoms with E-state index in [-0.39, 0.29) is 0 Å². The second-order valence-electron chi connectivity index (χ2n) is 13.9. The van der Waals surface area contributed by atoms with E-state index >= 15 is 0 Å². The quantitative estimate of drug-likeness (QED) is 0.184. The second-order valence-corrected chi connectivity index (χ2v) is 14.9. The molecule has 246 valence electrons. The fourth-order valence-electron chi connectivity index (χ4n) is 8.67. The van der Waals surface area contributed by atoms with E-state index in [9.17, 15) is 5.26 Å². The van der Waals surface area contributed by atoms with Crippen molar-refractivity contribution in [2.75, 3.05) is 0 Å². The van der Waals surface area contributed by atoms with Crippen LogP contribution in [0.3, 0.4) is 0 Å². The van der Waals surface area contributed by atoms with Gasteiger partial charge >= 0.3 is 0 Å². The first-order valence-electron chi connectivity index (χ1n) is 17.8. The maximum absolute atomic E-state index is 10.0. The summed E-state index contributed by atoms with van der Waals surface area (Å²) in [6.07, 6.45) is 2.23. The summed E-state index contributed by atoms with van der Waals surface area (Å²) < 4.78 is 3.50. The molecule has 4 heteroatoms. The lowest BCUT2D eigenvalue weighted by Crippen LogP contribution is -2.28. The molecular formula is C49H29N3S. The van der Waals surface area contributed by atoms with Crippen LogP contribution in [0.1, 0.15) is 27.8 Å². The maximum Gasteiger partial charge on any atom is 0.138 e. The third kappa shape index (κ3) is 4.35. The summed E-state index contributed by atoms with van der Waals surface area (Å²) in [6.45, 7) is 0. The molecule has 53 heavy (non-hydrogen) atoms. The number of pyridine rings is 1. The third-order valence-electron chi connectivity index (χ3n) is 11.1. The van der Waals surface area contributed by atoms with Gasteiger partial charge in [-0.3, -0.25) is 4.40 Å². The first-order valence-corrected chi connectivity index (χ1v) is 18.7. The molecule has 0 radical (unpaired) electrons. The Labute approximate surface area is 310 Å². The van der Waals surface area contributed by atoms with Gasteiger partial charge in [0.25, 0.3) is 0 Å². The lowest BCUT2D eigenvalue weighted by atomic mass is 9.67. The molecule has 0 aliphatic heterocycles. The van der Waals surface area contributed by atoms with Gasteiger partial charge in [-0.1, -0.05) is 121 Å². The SMILES string of the molecule is N#Cc1ccc2c(c1)C(c1ccccc1)(c1ccccc1)c1cc(-c3ccc4cc(-c5ccc6nc7c8ccccc8sc7n6c5)ccc4c3)ccc1-2. The molecule has 0 bridgehead atoms. The van der Waals surface area contributed by atoms with Gasteiger partial charge in [-0.05, 0) is 115 Å². The molecule has 1 aliphatic carbocycles. The normalized spacial score (nSPS) is 13.0. The summed E-state index contributed by atoms with van der Waals surface area (Å²) in [5, 5.41) is 13.6. The summed E-state index contributed by atoms with van der Waals surface area (Å²) in [4.78, 5) is 6.15. The number of nitriles is 1. The molecule has 10 aromatic rings. The molecule has 0 saturated heterocycles. The number of aromatic nitrogens is 2. The zero-order valence-corrected chi connectivity index (χ0v) is 29.3. The average molecular weight is 692 g/mol. The Kier molecular flexibility index (Phi) is 6.40. The highest BCUT2D eigenvalue weighted by Crippen LogP contribution is 2.57. The molecule has 11 rings (SSSR count). The fraction of sp³-hybridized carbons (Fsp3) is 0.0204. The monoisotopic (exact) mass is 691 g/mol. The molecular weight excluding hydrogens is 663 g/mol. The Hall–Kier alpha value is -6.80. The molecule has 0 N–H and O–H groups in total. The topological polar surface area (TPSA) is 41.1 Å². The summed E-state index contributed by atoms with van der Waals surface area (Å²) in [7, 11) is 0. The zero-order chi connectivity index (χ0) is 35.1. The van der Waals surface area contributed by atoms with Crippen LogP contribution in [0.25, 0.3) is 70.2 Å². The van der Waals surface area contributed by atoms with Gasteiger partial charge in [-0.25, -0.2) is 4.98 Å². The van der Waals surface area contributed by atoms with Crippen molar-refractivity contribution >= 4 is 48.2 Å². The number of fused-ring (bicyclic) bond motifs is 9. The highest BCUT2D eigenvalue weighted by Gasteiger charge is 2.46. The number of hydrogen-bond acceptors (Lipinski definition) is 3. The minimum atomic E-state index is -0.570. The molecule has 3 aromatic heterocycles. The van der Waals surface area contributed by atoms with Crippen LogP contribution in [-0.2, 0) is 5.41 Å². The van der Waals surface area contributed by atoms with Crippen LogP contribution in [0.5, 0.6) is 0 Å². The molecule has 0 atom stereocenters. The summed E-state index contributed by atoms with van der Waals surface area (Å²) in [5.41, 5.74) is 13.9. The van der Waals surface area contributed by atoms with Crippen LogP contribution < -0.4 is 0 Å². The lowest BCUT2D eigenvalue weighted by molar-refractivity contribution is 0.768. The Morgan fingerprint density at radius 2 is 1.13 bits per heavy atom. The molecule has 0 unspecified atom stereocenters. The van der Waals surface area contributed by atoms with Crippen molar-refractivity contribution < 1.29 is 0 Å². The van der Waals surface area contributed by atoms with Crippen molar-refractivity contribution in [1.29, 1.82) is 5.26 Å². The van der Waals surface area contributed by atoms with Crippen LogP contribution in [0.2, 0.25) is 0 Å². The molecule has 7 aromatic carbocycles. The van der Waals surface area contributed by atoms with Crippen molar-refractivity contribution in [3.8, 4) is 39.4 Å². The fourth-order valence-corrected chi connectivity index (χ4v) is 9.79. The van der Waals surface area contributed by atoms with Crippen molar-refractivity contribution in [2.24, 2.45) is 0 Å². The number of benzene rings is 7. The first-order chi connectivity index (χ1) is 26.2. The molecule has 0 spiro atoms. The minimum Gasteiger partial charge on any atom is -0.290 e. The summed E-state index contributed by atoms with van der Waals surface area (Å²) in [5.74, 6) is 0. The van der Waals surface area contributed by atoms with Gasteiger partial charge in [-0.15, -0.1) is 11.3 Å². The largest absolute Gasteiger partial charge is 0.290 e. The Bertz CT molecular complexity index is 3090. The second kappa shape index (κ2) is 11.4. The summed E-state index contributed by atoms with van der Waals surface area (Å²) >= 11 is 1.79. The van der Waals surface area contributed by atoms with Crippen molar-refractivity contribution in [1.82, 2.24) is 9.38 Å². The van der Waals surface area contributed by atoms with E-state index in [1.807, 2.05) is 6.07 Å². The van der Waals surface area contributed by atoms with Gasteiger partial charge < -0.3 is 0 Å². The summed E-state index contributed by atoms with van der Waals surface area (Å²) in [6, 6.07) is 63.4. The maximum atomic E-state index is 10.0. The van der Waals surface area contributed by atoms with Gasteiger partial charge in [0.15, 0.2) is 0 Å². The Balaban J connectivity index is 1.03. The lowest BCUT2D eigenvalue weighted by Gasteiger charge is -2.34. The molecule has 0 amide bonds. The highest BCUT2D eigenvalue weighted by atomic mass is 32.1. The predicted octanol–water partition coefficient (Wildman–Crippen LogP) is 12.4. The number of rotatable bonds is 4. The van der Waals surface area contributed by atoms with Crippen LogP contribution in [0.15, 0.2) is 176 Å². The van der Waals surface area contributed by atoms with Gasteiger partial charge in [0, 0.05) is 16.3 Å². The van der Waals surface area contributed by atoms with E-state index in [4.69, 9.17) is 4.98 Å². The number of thiophene rings is 1. The molecule has 3 heterocycles. The predicted molar refractivity (Wildman–Crippen MR) is 218 cm³/mol. The minimum absolute atomic E-state index is 0.570. The van der Waals surface area contributed by atoms with E-state index < -0.39 is 5.41 Å². The van der Waals surface area contributed by atoms with E-state index in [2.05, 4.69) is 180 Å².